The molecule has 1 aromatic carbocycles. The van der Waals surface area contributed by atoms with Gasteiger partial charge in [0.25, 0.3) is 11.1 Å². The van der Waals surface area contributed by atoms with Crippen LogP contribution in [-0.4, -0.2) is 60.7 Å². The fourth-order valence-corrected chi connectivity index (χ4v) is 4.14. The normalized spacial score (nSPS) is 15.4. The van der Waals surface area contributed by atoms with E-state index in [4.69, 9.17) is 30.5 Å². The summed E-state index contributed by atoms with van der Waals surface area (Å²) in [6.45, 7) is 3.72. The fraction of sp³-hybridized carbons (Fsp3) is 0.364. The van der Waals surface area contributed by atoms with Crippen molar-refractivity contribution in [2.75, 3.05) is 38.9 Å². The van der Waals surface area contributed by atoms with Crippen LogP contribution < -0.4 is 14.8 Å². The monoisotopic (exact) mass is 508 g/mol. The molecule has 0 radical (unpaired) electrons. The smallest absolute Gasteiger partial charge is 0.295 e. The van der Waals surface area contributed by atoms with Gasteiger partial charge in [0, 0.05) is 24.1 Å². The number of hydrogen-bond acceptors (Lipinski definition) is 9. The van der Waals surface area contributed by atoms with E-state index in [9.17, 15) is 9.18 Å². The number of benzene rings is 1. The standard InChI is InChI=1S/C22H22ClFN4O5S/c1-12-9-14(18-17(30-2)4-3-16(23)19(18)24)15(10-25-12)20(29)26-21-27-28-22(34-21)33-8-7-32-13-5-6-31-11-13/h3-4,9-10,13H,5-8,11H2,1-2H3,(H,26,27,29)/t13-/m1/s1. The third-order valence-electron chi connectivity index (χ3n) is 5.01. The average molecular weight is 509 g/mol. The quantitative estimate of drug-likeness (QED) is 0.430. The summed E-state index contributed by atoms with van der Waals surface area (Å²) in [7, 11) is 1.41. The Morgan fingerprint density at radius 3 is 2.97 bits per heavy atom. The second-order valence-corrected chi connectivity index (χ2v) is 8.69. The molecule has 0 saturated carbocycles. The van der Waals surface area contributed by atoms with Gasteiger partial charge in [0.2, 0.25) is 5.13 Å². The van der Waals surface area contributed by atoms with Crippen molar-refractivity contribution in [1.82, 2.24) is 15.2 Å². The third-order valence-corrected chi connectivity index (χ3v) is 6.05. The second kappa shape index (κ2) is 11.0. The van der Waals surface area contributed by atoms with Gasteiger partial charge in [-0.15, -0.1) is 5.10 Å². The molecule has 1 aliphatic heterocycles. The van der Waals surface area contributed by atoms with Gasteiger partial charge in [0.05, 0.1) is 42.6 Å². The van der Waals surface area contributed by atoms with Crippen LogP contribution in [0.3, 0.4) is 0 Å². The van der Waals surface area contributed by atoms with Gasteiger partial charge in [0.15, 0.2) is 5.82 Å². The number of ether oxygens (including phenoxy) is 4. The average Bonchev–Trinajstić information content (AvgIpc) is 3.50. The summed E-state index contributed by atoms with van der Waals surface area (Å²) >= 11 is 7.05. The minimum absolute atomic E-state index is 0.0691. The van der Waals surface area contributed by atoms with Crippen LogP contribution in [0.2, 0.25) is 5.02 Å². The maximum Gasteiger partial charge on any atom is 0.295 e. The summed E-state index contributed by atoms with van der Waals surface area (Å²) in [5.41, 5.74) is 1.07. The van der Waals surface area contributed by atoms with Crippen LogP contribution in [0.25, 0.3) is 11.1 Å². The van der Waals surface area contributed by atoms with Crippen molar-refractivity contribution in [3.8, 4) is 22.1 Å². The predicted molar refractivity (Wildman–Crippen MR) is 124 cm³/mol. The molecular formula is C22H22ClFN4O5S. The van der Waals surface area contributed by atoms with E-state index < -0.39 is 11.7 Å². The van der Waals surface area contributed by atoms with Gasteiger partial charge in [0.1, 0.15) is 12.4 Å². The van der Waals surface area contributed by atoms with Crippen molar-refractivity contribution in [2.24, 2.45) is 0 Å². The number of aromatic nitrogens is 3. The first kappa shape index (κ1) is 24.3. The summed E-state index contributed by atoms with van der Waals surface area (Å²) in [5, 5.41) is 10.9. The van der Waals surface area contributed by atoms with Gasteiger partial charge in [-0.05, 0) is 42.9 Å². The molecule has 4 rings (SSSR count). The Balaban J connectivity index is 1.47. The number of hydrogen-bond donors (Lipinski definition) is 1. The van der Waals surface area contributed by atoms with Crippen LogP contribution in [0.5, 0.6) is 10.9 Å². The van der Waals surface area contributed by atoms with Crippen molar-refractivity contribution in [3.63, 3.8) is 0 Å². The Bertz CT molecular complexity index is 1170. The number of amides is 1. The zero-order valence-corrected chi connectivity index (χ0v) is 20.0. The Morgan fingerprint density at radius 1 is 1.35 bits per heavy atom. The summed E-state index contributed by atoms with van der Waals surface area (Å²) in [5.74, 6) is -1.01. The van der Waals surface area contributed by atoms with E-state index in [1.807, 2.05) is 0 Å². The molecule has 1 N–H and O–H groups in total. The van der Waals surface area contributed by atoms with Crippen LogP contribution >= 0.6 is 22.9 Å². The zero-order valence-electron chi connectivity index (χ0n) is 18.5. The number of carbonyl (C=O) groups is 1. The number of carbonyl (C=O) groups excluding carboxylic acids is 1. The largest absolute Gasteiger partial charge is 0.496 e. The van der Waals surface area contributed by atoms with E-state index in [2.05, 4.69) is 20.5 Å². The van der Waals surface area contributed by atoms with Crippen LogP contribution in [0.4, 0.5) is 9.52 Å². The molecule has 1 amide bonds. The van der Waals surface area contributed by atoms with Crippen molar-refractivity contribution < 1.29 is 28.1 Å². The lowest BCUT2D eigenvalue weighted by Crippen LogP contribution is -2.16. The van der Waals surface area contributed by atoms with E-state index in [1.165, 1.54) is 25.4 Å². The van der Waals surface area contributed by atoms with E-state index in [0.717, 1.165) is 17.8 Å². The van der Waals surface area contributed by atoms with Crippen LogP contribution in [0, 0.1) is 12.7 Å². The molecular weight excluding hydrogens is 487 g/mol. The van der Waals surface area contributed by atoms with Gasteiger partial charge < -0.3 is 18.9 Å². The van der Waals surface area contributed by atoms with Crippen molar-refractivity contribution in [2.45, 2.75) is 19.4 Å². The highest BCUT2D eigenvalue weighted by molar-refractivity contribution is 7.17. The molecule has 34 heavy (non-hydrogen) atoms. The minimum atomic E-state index is -0.696. The highest BCUT2D eigenvalue weighted by Gasteiger charge is 2.23. The number of methoxy groups -OCH3 is 1. The molecule has 9 nitrogen and oxygen atoms in total. The molecule has 0 spiro atoms. The van der Waals surface area contributed by atoms with Crippen LogP contribution in [0.1, 0.15) is 22.5 Å². The molecule has 1 aliphatic rings. The van der Waals surface area contributed by atoms with Crippen molar-refractivity contribution in [1.29, 1.82) is 0 Å². The van der Waals surface area contributed by atoms with E-state index in [1.54, 1.807) is 13.0 Å². The van der Waals surface area contributed by atoms with Gasteiger partial charge in [-0.25, -0.2) is 4.39 Å². The highest BCUT2D eigenvalue weighted by atomic mass is 35.5. The molecule has 3 heterocycles. The van der Waals surface area contributed by atoms with E-state index in [0.29, 0.717) is 32.1 Å². The molecule has 0 unspecified atom stereocenters. The number of anilines is 1. The Labute approximate surface area is 204 Å². The van der Waals surface area contributed by atoms with Crippen molar-refractivity contribution >= 4 is 34.0 Å². The first-order chi connectivity index (χ1) is 16.5. The maximum absolute atomic E-state index is 15.0. The topological polar surface area (TPSA) is 105 Å². The van der Waals surface area contributed by atoms with Crippen LogP contribution in [0.15, 0.2) is 24.4 Å². The second-order valence-electron chi connectivity index (χ2n) is 7.34. The summed E-state index contributed by atoms with van der Waals surface area (Å²) in [6.07, 6.45) is 2.33. The van der Waals surface area contributed by atoms with Crippen LogP contribution in [-0.2, 0) is 9.47 Å². The molecule has 0 aliphatic carbocycles. The molecule has 1 atom stereocenters. The fourth-order valence-electron chi connectivity index (χ4n) is 3.37. The Hall–Kier alpha value is -2.86. The summed E-state index contributed by atoms with van der Waals surface area (Å²) < 4.78 is 36.7. The first-order valence-corrected chi connectivity index (χ1v) is 11.6. The maximum atomic E-state index is 15.0. The number of rotatable bonds is 9. The predicted octanol–water partition coefficient (Wildman–Crippen LogP) is 4.15. The number of nitrogens with zero attached hydrogens (tertiary/aromatic N) is 3. The van der Waals surface area contributed by atoms with Gasteiger partial charge in [-0.2, -0.15) is 0 Å². The Morgan fingerprint density at radius 2 is 2.21 bits per heavy atom. The number of aryl methyl sites for hydroxylation is 1. The molecule has 3 aromatic rings. The highest BCUT2D eigenvalue weighted by Crippen LogP contribution is 2.38. The molecule has 12 heteroatoms. The molecule has 1 saturated heterocycles. The number of halogens is 2. The lowest BCUT2D eigenvalue weighted by Gasteiger charge is -2.14. The zero-order chi connectivity index (χ0) is 24.1. The molecule has 0 bridgehead atoms. The third kappa shape index (κ3) is 5.61. The molecule has 180 valence electrons. The summed E-state index contributed by atoms with van der Waals surface area (Å²) in [6, 6.07) is 4.52. The first-order valence-electron chi connectivity index (χ1n) is 10.4. The van der Waals surface area contributed by atoms with Gasteiger partial charge in [-0.3, -0.25) is 15.1 Å². The number of pyridine rings is 1. The number of nitrogens with one attached hydrogen (secondary N) is 1. The Kier molecular flexibility index (Phi) is 7.88. The van der Waals surface area contributed by atoms with E-state index in [-0.39, 0.29) is 43.9 Å². The van der Waals surface area contributed by atoms with Gasteiger partial charge in [-0.1, -0.05) is 16.7 Å². The van der Waals surface area contributed by atoms with Gasteiger partial charge >= 0.3 is 0 Å². The minimum Gasteiger partial charge on any atom is -0.496 e. The SMILES string of the molecule is COc1ccc(Cl)c(F)c1-c1cc(C)ncc1C(=O)Nc1nnc(OCCO[C@@H]2CCOC2)s1. The molecule has 2 aromatic heterocycles. The van der Waals surface area contributed by atoms with Crippen molar-refractivity contribution in [3.05, 3.63) is 46.5 Å². The lowest BCUT2D eigenvalue weighted by molar-refractivity contribution is 0.0264. The summed E-state index contributed by atoms with van der Waals surface area (Å²) in [4.78, 5) is 17.2. The lowest BCUT2D eigenvalue weighted by atomic mass is 9.98. The molecule has 1 fully saturated rings. The van der Waals surface area contributed by atoms with E-state index >= 15 is 0 Å².